The quantitative estimate of drug-likeness (QED) is 0.682. The predicted molar refractivity (Wildman–Crippen MR) is 89.7 cm³/mol. The van der Waals surface area contributed by atoms with E-state index in [4.69, 9.17) is 8.94 Å². The summed E-state index contributed by atoms with van der Waals surface area (Å²) in [6.45, 7) is 6.45. The molecule has 10 nitrogen and oxygen atoms in total. The molecule has 10 heteroatoms. The molecule has 3 aromatic heterocycles. The molecular formula is C16H18N6O4. The number of rotatable bonds is 6. The van der Waals surface area contributed by atoms with Crippen LogP contribution in [-0.2, 0) is 6.54 Å². The Kier molecular flexibility index (Phi) is 4.83. The van der Waals surface area contributed by atoms with Crippen molar-refractivity contribution in [3.63, 3.8) is 0 Å². The first kappa shape index (κ1) is 17.4. The first-order valence-corrected chi connectivity index (χ1v) is 7.92. The molecule has 0 bridgehead atoms. The smallest absolute Gasteiger partial charge is 0.302 e. The van der Waals surface area contributed by atoms with Crippen molar-refractivity contribution in [1.29, 1.82) is 0 Å². The number of anilines is 1. The van der Waals surface area contributed by atoms with E-state index in [1.165, 1.54) is 12.3 Å². The van der Waals surface area contributed by atoms with Crippen LogP contribution < -0.4 is 10.6 Å². The normalized spacial score (nSPS) is 10.7. The number of nitrogens with one attached hydrogen (secondary N) is 2. The van der Waals surface area contributed by atoms with Crippen molar-refractivity contribution in [2.24, 2.45) is 0 Å². The van der Waals surface area contributed by atoms with E-state index in [2.05, 4.69) is 25.9 Å². The molecule has 3 aromatic rings. The van der Waals surface area contributed by atoms with Crippen LogP contribution in [0.1, 0.15) is 38.1 Å². The standard InChI is InChI=1S/C16H18N6O4/c1-9-6-10(2)22(20-9)5-4-17-14(23)13-8-25-16(18-13)19-15(24)12-7-11(3)26-21-12/h6-8H,4-5H2,1-3H3,(H,17,23)(H,18,19,24). The lowest BCUT2D eigenvalue weighted by atomic mass is 10.3. The molecule has 0 aliphatic carbocycles. The first-order chi connectivity index (χ1) is 12.4. The molecule has 0 saturated carbocycles. The SMILES string of the molecule is Cc1cc(C)n(CCNC(=O)c2coc(NC(=O)c3cc(C)on3)n2)n1. The maximum Gasteiger partial charge on any atom is 0.302 e. The third kappa shape index (κ3) is 3.97. The molecular weight excluding hydrogens is 340 g/mol. The molecule has 26 heavy (non-hydrogen) atoms. The van der Waals surface area contributed by atoms with Gasteiger partial charge in [0.05, 0.1) is 12.2 Å². The van der Waals surface area contributed by atoms with Gasteiger partial charge in [-0.15, -0.1) is 0 Å². The Labute approximate surface area is 148 Å². The summed E-state index contributed by atoms with van der Waals surface area (Å²) in [5.74, 6) is -0.446. The van der Waals surface area contributed by atoms with Gasteiger partial charge in [-0.05, 0) is 26.8 Å². The van der Waals surface area contributed by atoms with Crippen molar-refractivity contribution in [3.05, 3.63) is 46.9 Å². The Bertz CT molecular complexity index is 938. The summed E-state index contributed by atoms with van der Waals surface area (Å²) < 4.78 is 11.7. The Hall–Kier alpha value is -3.43. The monoisotopic (exact) mass is 358 g/mol. The lowest BCUT2D eigenvalue weighted by Crippen LogP contribution is -2.28. The molecule has 3 rings (SSSR count). The molecule has 0 saturated heterocycles. The van der Waals surface area contributed by atoms with Crippen molar-refractivity contribution < 1.29 is 18.5 Å². The molecule has 0 aliphatic heterocycles. The molecule has 0 unspecified atom stereocenters. The van der Waals surface area contributed by atoms with Crippen LogP contribution in [-0.4, -0.2) is 38.3 Å². The Morgan fingerprint density at radius 1 is 1.15 bits per heavy atom. The summed E-state index contributed by atoms with van der Waals surface area (Å²) >= 11 is 0. The minimum absolute atomic E-state index is 0.0602. The second kappa shape index (κ2) is 7.21. The van der Waals surface area contributed by atoms with E-state index in [1.54, 1.807) is 6.92 Å². The van der Waals surface area contributed by atoms with E-state index >= 15 is 0 Å². The first-order valence-electron chi connectivity index (χ1n) is 7.92. The highest BCUT2D eigenvalue weighted by Crippen LogP contribution is 2.10. The lowest BCUT2D eigenvalue weighted by Gasteiger charge is -2.05. The average molecular weight is 358 g/mol. The number of hydrogen-bond acceptors (Lipinski definition) is 7. The molecule has 0 atom stereocenters. The van der Waals surface area contributed by atoms with E-state index < -0.39 is 11.8 Å². The van der Waals surface area contributed by atoms with Crippen molar-refractivity contribution in [1.82, 2.24) is 25.2 Å². The van der Waals surface area contributed by atoms with Crippen LogP contribution in [0.5, 0.6) is 0 Å². The number of aromatic nitrogens is 4. The fraction of sp³-hybridized carbons (Fsp3) is 0.312. The van der Waals surface area contributed by atoms with E-state index in [0.717, 1.165) is 11.4 Å². The maximum absolute atomic E-state index is 12.1. The number of hydrogen-bond donors (Lipinski definition) is 2. The van der Waals surface area contributed by atoms with Gasteiger partial charge in [-0.1, -0.05) is 5.16 Å². The van der Waals surface area contributed by atoms with Crippen molar-refractivity contribution in [3.8, 4) is 0 Å². The summed E-state index contributed by atoms with van der Waals surface area (Å²) in [7, 11) is 0. The van der Waals surface area contributed by atoms with Crippen LogP contribution in [0, 0.1) is 20.8 Å². The lowest BCUT2D eigenvalue weighted by molar-refractivity contribution is 0.0945. The second-order valence-electron chi connectivity index (χ2n) is 5.72. The van der Waals surface area contributed by atoms with Crippen LogP contribution in [0.15, 0.2) is 27.3 Å². The van der Waals surface area contributed by atoms with Gasteiger partial charge in [0.25, 0.3) is 11.8 Å². The van der Waals surface area contributed by atoms with Crippen molar-refractivity contribution in [2.45, 2.75) is 27.3 Å². The van der Waals surface area contributed by atoms with Gasteiger partial charge in [0, 0.05) is 18.3 Å². The zero-order valence-electron chi connectivity index (χ0n) is 14.6. The van der Waals surface area contributed by atoms with Gasteiger partial charge < -0.3 is 14.3 Å². The number of aryl methyl sites for hydroxylation is 3. The largest absolute Gasteiger partial charge is 0.431 e. The summed E-state index contributed by atoms with van der Waals surface area (Å²) in [6.07, 6.45) is 1.17. The van der Waals surface area contributed by atoms with Gasteiger partial charge in [-0.25, -0.2) is 0 Å². The van der Waals surface area contributed by atoms with Gasteiger partial charge in [-0.2, -0.15) is 10.1 Å². The van der Waals surface area contributed by atoms with E-state index in [0.29, 0.717) is 18.8 Å². The summed E-state index contributed by atoms with van der Waals surface area (Å²) in [5, 5.41) is 13.0. The third-order valence-corrected chi connectivity index (χ3v) is 3.53. The highest BCUT2D eigenvalue weighted by atomic mass is 16.5. The highest BCUT2D eigenvalue weighted by molar-refractivity contribution is 6.02. The summed E-state index contributed by atoms with van der Waals surface area (Å²) in [4.78, 5) is 28.0. The fourth-order valence-electron chi connectivity index (χ4n) is 2.34. The number of carbonyl (C=O) groups is 2. The van der Waals surface area contributed by atoms with Crippen LogP contribution >= 0.6 is 0 Å². The van der Waals surface area contributed by atoms with E-state index in [9.17, 15) is 9.59 Å². The van der Waals surface area contributed by atoms with Crippen LogP contribution in [0.2, 0.25) is 0 Å². The van der Waals surface area contributed by atoms with Gasteiger partial charge in [0.1, 0.15) is 12.0 Å². The van der Waals surface area contributed by atoms with Gasteiger partial charge in [0.15, 0.2) is 11.4 Å². The van der Waals surface area contributed by atoms with Crippen molar-refractivity contribution >= 4 is 17.8 Å². The van der Waals surface area contributed by atoms with E-state index in [-0.39, 0.29) is 17.4 Å². The number of oxazole rings is 1. The Balaban J connectivity index is 1.52. The molecule has 2 amide bonds. The molecule has 0 radical (unpaired) electrons. The summed E-state index contributed by atoms with van der Waals surface area (Å²) in [6, 6.07) is 3.34. The zero-order valence-corrected chi connectivity index (χ0v) is 14.6. The average Bonchev–Trinajstić information content (AvgIpc) is 3.29. The molecule has 0 aliphatic rings. The molecule has 2 N–H and O–H groups in total. The molecule has 0 fully saturated rings. The number of nitrogens with zero attached hydrogens (tertiary/aromatic N) is 4. The van der Waals surface area contributed by atoms with Gasteiger partial charge >= 0.3 is 6.01 Å². The molecule has 0 spiro atoms. The second-order valence-corrected chi connectivity index (χ2v) is 5.72. The fourth-order valence-corrected chi connectivity index (χ4v) is 2.34. The van der Waals surface area contributed by atoms with Crippen molar-refractivity contribution in [2.75, 3.05) is 11.9 Å². The number of amides is 2. The van der Waals surface area contributed by atoms with Gasteiger partial charge in [-0.3, -0.25) is 19.6 Å². The maximum atomic E-state index is 12.1. The Morgan fingerprint density at radius 3 is 2.62 bits per heavy atom. The number of carbonyl (C=O) groups excluding carboxylic acids is 2. The minimum atomic E-state index is -0.541. The zero-order chi connectivity index (χ0) is 18.7. The van der Waals surface area contributed by atoms with Crippen LogP contribution in [0.4, 0.5) is 6.01 Å². The molecule has 136 valence electrons. The minimum Gasteiger partial charge on any atom is -0.431 e. The van der Waals surface area contributed by atoms with E-state index in [1.807, 2.05) is 24.6 Å². The molecule has 3 heterocycles. The van der Waals surface area contributed by atoms with Crippen LogP contribution in [0.25, 0.3) is 0 Å². The molecule has 0 aromatic carbocycles. The predicted octanol–water partition coefficient (Wildman–Crippen LogP) is 1.47. The highest BCUT2D eigenvalue weighted by Gasteiger charge is 2.16. The Morgan fingerprint density at radius 2 is 1.96 bits per heavy atom. The summed E-state index contributed by atoms with van der Waals surface area (Å²) in [5.41, 5.74) is 2.10. The van der Waals surface area contributed by atoms with Gasteiger partial charge in [0.2, 0.25) is 0 Å². The third-order valence-electron chi connectivity index (χ3n) is 3.53. The van der Waals surface area contributed by atoms with Crippen LogP contribution in [0.3, 0.4) is 0 Å². The topological polar surface area (TPSA) is 128 Å².